The highest BCUT2D eigenvalue weighted by atomic mass is 16.5. The first kappa shape index (κ1) is 16.2. The van der Waals surface area contributed by atoms with E-state index < -0.39 is 5.54 Å². The summed E-state index contributed by atoms with van der Waals surface area (Å²) in [4.78, 5) is 12.1. The van der Waals surface area contributed by atoms with E-state index in [-0.39, 0.29) is 12.5 Å². The molecule has 0 bridgehead atoms. The second-order valence-corrected chi connectivity index (χ2v) is 5.74. The van der Waals surface area contributed by atoms with Gasteiger partial charge in [-0.3, -0.25) is 4.79 Å². The molecular weight excluding hydrogens is 278 g/mol. The lowest BCUT2D eigenvalue weighted by molar-refractivity contribution is -0.120. The second-order valence-electron chi connectivity index (χ2n) is 5.74. The largest absolute Gasteiger partial charge is 0.497 e. The van der Waals surface area contributed by atoms with Crippen LogP contribution in [0.1, 0.15) is 38.5 Å². The molecule has 2 N–H and O–H groups in total. The van der Waals surface area contributed by atoms with Crippen molar-refractivity contribution in [2.24, 2.45) is 0 Å². The standard InChI is InChI=1S/C17H23N3O2/c1-22-15-8-6-14(7-9-15)19-12-16(21)20-17(13-18)10-4-2-3-5-11-17/h6-9,19H,2-5,10-12H2,1H3,(H,20,21). The number of amides is 1. The van der Waals surface area contributed by atoms with Crippen molar-refractivity contribution in [3.63, 3.8) is 0 Å². The van der Waals surface area contributed by atoms with E-state index in [1.165, 1.54) is 0 Å². The first-order valence-corrected chi connectivity index (χ1v) is 7.78. The van der Waals surface area contributed by atoms with E-state index in [0.29, 0.717) is 0 Å². The average molecular weight is 301 g/mol. The predicted molar refractivity (Wildman–Crippen MR) is 85.7 cm³/mol. The number of benzene rings is 1. The molecular formula is C17H23N3O2. The van der Waals surface area contributed by atoms with Crippen LogP contribution in [0.15, 0.2) is 24.3 Å². The molecule has 1 saturated carbocycles. The molecule has 1 aromatic carbocycles. The number of carbonyl (C=O) groups excluding carboxylic acids is 1. The summed E-state index contributed by atoms with van der Waals surface area (Å²) in [6.45, 7) is 0.162. The third-order valence-electron chi connectivity index (χ3n) is 4.09. The third kappa shape index (κ3) is 4.39. The maximum atomic E-state index is 12.1. The van der Waals surface area contributed by atoms with Crippen LogP contribution in [0.3, 0.4) is 0 Å². The first-order valence-electron chi connectivity index (χ1n) is 7.78. The van der Waals surface area contributed by atoms with Crippen LogP contribution in [0.5, 0.6) is 5.75 Å². The molecule has 5 nitrogen and oxygen atoms in total. The lowest BCUT2D eigenvalue weighted by Crippen LogP contribution is -2.48. The highest BCUT2D eigenvalue weighted by Gasteiger charge is 2.32. The highest BCUT2D eigenvalue weighted by Crippen LogP contribution is 2.26. The number of rotatable bonds is 5. The molecule has 1 aromatic rings. The van der Waals surface area contributed by atoms with Gasteiger partial charge in [0.25, 0.3) is 0 Å². The minimum absolute atomic E-state index is 0.140. The summed E-state index contributed by atoms with van der Waals surface area (Å²) < 4.78 is 5.09. The van der Waals surface area contributed by atoms with Crippen molar-refractivity contribution < 1.29 is 9.53 Å². The number of nitrogens with one attached hydrogen (secondary N) is 2. The minimum atomic E-state index is -0.685. The number of hydrogen-bond donors (Lipinski definition) is 2. The molecule has 0 radical (unpaired) electrons. The van der Waals surface area contributed by atoms with E-state index in [4.69, 9.17) is 4.74 Å². The van der Waals surface area contributed by atoms with Gasteiger partial charge in [-0.1, -0.05) is 25.7 Å². The monoisotopic (exact) mass is 301 g/mol. The van der Waals surface area contributed by atoms with Crippen LogP contribution in [0.4, 0.5) is 5.69 Å². The van der Waals surface area contributed by atoms with Crippen LogP contribution >= 0.6 is 0 Å². The summed E-state index contributed by atoms with van der Waals surface area (Å²) >= 11 is 0. The molecule has 118 valence electrons. The van der Waals surface area contributed by atoms with Crippen LogP contribution in [-0.2, 0) is 4.79 Å². The van der Waals surface area contributed by atoms with Crippen molar-refractivity contribution in [2.75, 3.05) is 19.0 Å². The molecule has 5 heteroatoms. The fourth-order valence-corrected chi connectivity index (χ4v) is 2.80. The Balaban J connectivity index is 1.87. The summed E-state index contributed by atoms with van der Waals surface area (Å²) in [6, 6.07) is 9.71. The maximum Gasteiger partial charge on any atom is 0.240 e. The molecule has 0 spiro atoms. The highest BCUT2D eigenvalue weighted by molar-refractivity contribution is 5.81. The molecule has 0 heterocycles. The molecule has 0 atom stereocenters. The molecule has 2 rings (SSSR count). The molecule has 1 aliphatic rings. The van der Waals surface area contributed by atoms with Crippen molar-refractivity contribution in [1.82, 2.24) is 5.32 Å². The zero-order valence-corrected chi connectivity index (χ0v) is 13.0. The lowest BCUT2D eigenvalue weighted by Gasteiger charge is -2.26. The summed E-state index contributed by atoms with van der Waals surface area (Å²) in [5, 5.41) is 15.5. The van der Waals surface area contributed by atoms with Crippen molar-refractivity contribution in [1.29, 1.82) is 5.26 Å². The van der Waals surface area contributed by atoms with E-state index in [0.717, 1.165) is 50.0 Å². The van der Waals surface area contributed by atoms with Crippen LogP contribution in [-0.4, -0.2) is 25.1 Å². The quantitative estimate of drug-likeness (QED) is 0.820. The topological polar surface area (TPSA) is 74.2 Å². The molecule has 0 aliphatic heterocycles. The minimum Gasteiger partial charge on any atom is -0.497 e. The first-order chi connectivity index (χ1) is 10.7. The third-order valence-corrected chi connectivity index (χ3v) is 4.09. The Hall–Kier alpha value is -2.22. The molecule has 1 aliphatic carbocycles. The number of methoxy groups -OCH3 is 1. The SMILES string of the molecule is COc1ccc(NCC(=O)NC2(C#N)CCCCCC2)cc1. The van der Waals surface area contributed by atoms with Crippen LogP contribution in [0, 0.1) is 11.3 Å². The summed E-state index contributed by atoms with van der Waals surface area (Å²) in [7, 11) is 1.62. The smallest absolute Gasteiger partial charge is 0.240 e. The summed E-state index contributed by atoms with van der Waals surface area (Å²) in [6.07, 6.45) is 5.78. The lowest BCUT2D eigenvalue weighted by atomic mass is 9.92. The van der Waals surface area contributed by atoms with Gasteiger partial charge in [-0.2, -0.15) is 5.26 Å². The zero-order valence-electron chi connectivity index (χ0n) is 13.0. The van der Waals surface area contributed by atoms with E-state index in [9.17, 15) is 10.1 Å². The molecule has 0 aromatic heterocycles. The van der Waals surface area contributed by atoms with Gasteiger partial charge in [0.05, 0.1) is 19.7 Å². The molecule has 1 amide bonds. The van der Waals surface area contributed by atoms with Crippen molar-refractivity contribution in [3.05, 3.63) is 24.3 Å². The molecule has 22 heavy (non-hydrogen) atoms. The Morgan fingerprint density at radius 2 is 1.86 bits per heavy atom. The van der Waals surface area contributed by atoms with Gasteiger partial charge < -0.3 is 15.4 Å². The van der Waals surface area contributed by atoms with Crippen LogP contribution in [0.25, 0.3) is 0 Å². The van der Waals surface area contributed by atoms with Crippen LogP contribution < -0.4 is 15.4 Å². The van der Waals surface area contributed by atoms with Gasteiger partial charge in [0.2, 0.25) is 5.91 Å². The number of anilines is 1. The van der Waals surface area contributed by atoms with Gasteiger partial charge in [-0.05, 0) is 37.1 Å². The van der Waals surface area contributed by atoms with Gasteiger partial charge >= 0.3 is 0 Å². The average Bonchev–Trinajstić information content (AvgIpc) is 2.79. The van der Waals surface area contributed by atoms with Gasteiger partial charge in [0.15, 0.2) is 0 Å². The predicted octanol–water partition coefficient (Wildman–Crippen LogP) is 2.84. The second kappa shape index (κ2) is 7.69. The zero-order chi connectivity index (χ0) is 15.8. The molecule has 0 unspecified atom stereocenters. The Labute approximate surface area is 131 Å². The summed E-state index contributed by atoms with van der Waals surface area (Å²) in [5.74, 6) is 0.635. The number of nitriles is 1. The maximum absolute atomic E-state index is 12.1. The Morgan fingerprint density at radius 3 is 2.41 bits per heavy atom. The van der Waals surface area contributed by atoms with Gasteiger partial charge in [0, 0.05) is 5.69 Å². The van der Waals surface area contributed by atoms with Gasteiger partial charge in [-0.15, -0.1) is 0 Å². The van der Waals surface area contributed by atoms with Gasteiger partial charge in [0.1, 0.15) is 11.3 Å². The fraction of sp³-hybridized carbons (Fsp3) is 0.529. The van der Waals surface area contributed by atoms with Crippen LogP contribution in [0.2, 0.25) is 0 Å². The van der Waals surface area contributed by atoms with Gasteiger partial charge in [-0.25, -0.2) is 0 Å². The molecule has 0 saturated heterocycles. The fourth-order valence-electron chi connectivity index (χ4n) is 2.80. The number of carbonyl (C=O) groups is 1. The van der Waals surface area contributed by atoms with E-state index in [1.54, 1.807) is 7.11 Å². The number of nitrogens with zero attached hydrogens (tertiary/aromatic N) is 1. The Bertz CT molecular complexity index is 526. The number of ether oxygens (including phenoxy) is 1. The number of hydrogen-bond acceptors (Lipinski definition) is 4. The Morgan fingerprint density at radius 1 is 1.23 bits per heavy atom. The van der Waals surface area contributed by atoms with E-state index in [2.05, 4.69) is 16.7 Å². The van der Waals surface area contributed by atoms with Crippen molar-refractivity contribution in [3.8, 4) is 11.8 Å². The normalized spacial score (nSPS) is 16.9. The van der Waals surface area contributed by atoms with E-state index in [1.807, 2.05) is 24.3 Å². The van der Waals surface area contributed by atoms with E-state index >= 15 is 0 Å². The van der Waals surface area contributed by atoms with Crippen molar-refractivity contribution in [2.45, 2.75) is 44.1 Å². The molecule has 1 fully saturated rings. The Kier molecular flexibility index (Phi) is 5.65. The summed E-state index contributed by atoms with van der Waals surface area (Å²) in [5.41, 5.74) is 0.164. The van der Waals surface area contributed by atoms with Crippen molar-refractivity contribution >= 4 is 11.6 Å².